The van der Waals surface area contributed by atoms with Crippen LogP contribution in [0.15, 0.2) is 0 Å². The summed E-state index contributed by atoms with van der Waals surface area (Å²) in [6.45, 7) is 11.7. The molecule has 3 atom stereocenters. The van der Waals surface area contributed by atoms with Gasteiger partial charge in [0.1, 0.15) is 0 Å². The van der Waals surface area contributed by atoms with Gasteiger partial charge in [0, 0.05) is 12.1 Å². The minimum atomic E-state index is 0.692. The fourth-order valence-electron chi connectivity index (χ4n) is 3.50. The second kappa shape index (κ2) is 7.41. The lowest BCUT2D eigenvalue weighted by Gasteiger charge is -2.33. The molecule has 0 spiro atoms. The van der Waals surface area contributed by atoms with Crippen molar-refractivity contribution in [2.24, 2.45) is 17.8 Å². The molecule has 0 aliphatic heterocycles. The first kappa shape index (κ1) is 15.0. The van der Waals surface area contributed by atoms with Gasteiger partial charge in [-0.3, -0.25) is 0 Å². The standard InChI is InChI=1S/C16H33N/c1-12(2)9-14(5)17-16-8-6-7-15(11-16)10-13(3)4/h12-17H,6-11H2,1-5H3. The van der Waals surface area contributed by atoms with E-state index in [1.807, 2.05) is 0 Å². The second-order valence-electron chi connectivity index (χ2n) is 7.06. The number of hydrogen-bond donors (Lipinski definition) is 1. The molecular formula is C16H33N. The van der Waals surface area contributed by atoms with Crippen molar-refractivity contribution < 1.29 is 0 Å². The summed E-state index contributed by atoms with van der Waals surface area (Å²) in [5, 5.41) is 3.85. The maximum absolute atomic E-state index is 3.85. The summed E-state index contributed by atoms with van der Waals surface area (Å²) in [5.41, 5.74) is 0. The Balaban J connectivity index is 2.29. The monoisotopic (exact) mass is 239 g/mol. The van der Waals surface area contributed by atoms with Crippen molar-refractivity contribution in [3.63, 3.8) is 0 Å². The van der Waals surface area contributed by atoms with E-state index in [-0.39, 0.29) is 0 Å². The van der Waals surface area contributed by atoms with Crippen molar-refractivity contribution in [1.29, 1.82) is 0 Å². The Morgan fingerprint density at radius 1 is 1.00 bits per heavy atom. The lowest BCUT2D eigenvalue weighted by molar-refractivity contribution is 0.236. The Morgan fingerprint density at radius 2 is 1.71 bits per heavy atom. The van der Waals surface area contributed by atoms with E-state index in [2.05, 4.69) is 39.9 Å². The third kappa shape index (κ3) is 6.45. The summed E-state index contributed by atoms with van der Waals surface area (Å²) in [7, 11) is 0. The summed E-state index contributed by atoms with van der Waals surface area (Å²) < 4.78 is 0. The highest BCUT2D eigenvalue weighted by Crippen LogP contribution is 2.29. The van der Waals surface area contributed by atoms with Crippen molar-refractivity contribution in [3.05, 3.63) is 0 Å². The Hall–Kier alpha value is -0.0400. The molecule has 0 aromatic carbocycles. The first-order valence-electron chi connectivity index (χ1n) is 7.73. The lowest BCUT2D eigenvalue weighted by atomic mass is 9.81. The molecular weight excluding hydrogens is 206 g/mol. The molecule has 0 bridgehead atoms. The topological polar surface area (TPSA) is 12.0 Å². The van der Waals surface area contributed by atoms with Gasteiger partial charge in [-0.25, -0.2) is 0 Å². The van der Waals surface area contributed by atoms with E-state index in [4.69, 9.17) is 0 Å². The van der Waals surface area contributed by atoms with E-state index in [1.54, 1.807) is 0 Å². The molecule has 0 saturated heterocycles. The van der Waals surface area contributed by atoms with Crippen LogP contribution in [-0.4, -0.2) is 12.1 Å². The average Bonchev–Trinajstić information content (AvgIpc) is 2.14. The third-order valence-electron chi connectivity index (χ3n) is 3.93. The summed E-state index contributed by atoms with van der Waals surface area (Å²) in [6.07, 6.45) is 8.46. The minimum Gasteiger partial charge on any atom is -0.311 e. The first-order valence-corrected chi connectivity index (χ1v) is 7.73. The van der Waals surface area contributed by atoms with Crippen LogP contribution in [0.2, 0.25) is 0 Å². The van der Waals surface area contributed by atoms with Crippen LogP contribution in [0.3, 0.4) is 0 Å². The molecule has 0 aromatic heterocycles. The van der Waals surface area contributed by atoms with E-state index in [0.717, 1.165) is 23.8 Å². The van der Waals surface area contributed by atoms with E-state index >= 15 is 0 Å². The minimum absolute atomic E-state index is 0.692. The van der Waals surface area contributed by atoms with Crippen molar-refractivity contribution >= 4 is 0 Å². The van der Waals surface area contributed by atoms with Gasteiger partial charge in [-0.05, 0) is 50.4 Å². The van der Waals surface area contributed by atoms with Crippen molar-refractivity contribution in [2.45, 2.75) is 85.2 Å². The largest absolute Gasteiger partial charge is 0.311 e. The summed E-state index contributed by atoms with van der Waals surface area (Å²) in [5.74, 6) is 2.66. The molecule has 1 saturated carbocycles. The van der Waals surface area contributed by atoms with Crippen LogP contribution in [0.25, 0.3) is 0 Å². The smallest absolute Gasteiger partial charge is 0.00721 e. The van der Waals surface area contributed by atoms with Crippen LogP contribution >= 0.6 is 0 Å². The molecule has 17 heavy (non-hydrogen) atoms. The van der Waals surface area contributed by atoms with Gasteiger partial charge in [-0.1, -0.05) is 40.5 Å². The Labute approximate surface area is 109 Å². The van der Waals surface area contributed by atoms with Crippen molar-refractivity contribution in [2.75, 3.05) is 0 Å². The molecule has 3 unspecified atom stereocenters. The third-order valence-corrected chi connectivity index (χ3v) is 3.93. The summed E-state index contributed by atoms with van der Waals surface area (Å²) in [6, 6.07) is 1.49. The van der Waals surface area contributed by atoms with Gasteiger partial charge in [0.25, 0.3) is 0 Å². The molecule has 1 fully saturated rings. The second-order valence-corrected chi connectivity index (χ2v) is 7.06. The van der Waals surface area contributed by atoms with Crippen LogP contribution in [0, 0.1) is 17.8 Å². The molecule has 0 amide bonds. The maximum atomic E-state index is 3.85. The Bertz CT molecular complexity index is 196. The molecule has 102 valence electrons. The van der Waals surface area contributed by atoms with E-state index in [9.17, 15) is 0 Å². The van der Waals surface area contributed by atoms with Gasteiger partial charge >= 0.3 is 0 Å². The Kier molecular flexibility index (Phi) is 6.54. The highest BCUT2D eigenvalue weighted by Gasteiger charge is 2.23. The van der Waals surface area contributed by atoms with E-state index in [1.165, 1.54) is 38.5 Å². The normalized spacial score (nSPS) is 27.7. The number of hydrogen-bond acceptors (Lipinski definition) is 1. The molecule has 1 aliphatic rings. The predicted octanol–water partition coefficient (Wildman–Crippen LogP) is 4.62. The van der Waals surface area contributed by atoms with Crippen molar-refractivity contribution in [1.82, 2.24) is 5.32 Å². The molecule has 1 N–H and O–H groups in total. The highest BCUT2D eigenvalue weighted by molar-refractivity contribution is 4.80. The fourth-order valence-corrected chi connectivity index (χ4v) is 3.50. The van der Waals surface area contributed by atoms with Gasteiger partial charge in [0.2, 0.25) is 0 Å². The molecule has 0 aromatic rings. The van der Waals surface area contributed by atoms with Crippen LogP contribution < -0.4 is 5.32 Å². The molecule has 0 heterocycles. The first-order chi connectivity index (χ1) is 7.97. The average molecular weight is 239 g/mol. The van der Waals surface area contributed by atoms with Gasteiger partial charge in [0.05, 0.1) is 0 Å². The van der Waals surface area contributed by atoms with Gasteiger partial charge in [0.15, 0.2) is 0 Å². The number of nitrogens with one attached hydrogen (secondary N) is 1. The quantitative estimate of drug-likeness (QED) is 0.713. The van der Waals surface area contributed by atoms with Crippen LogP contribution in [-0.2, 0) is 0 Å². The zero-order valence-corrected chi connectivity index (χ0v) is 12.6. The van der Waals surface area contributed by atoms with Crippen LogP contribution in [0.5, 0.6) is 0 Å². The molecule has 1 nitrogen and oxygen atoms in total. The molecule has 1 rings (SSSR count). The van der Waals surface area contributed by atoms with E-state index in [0.29, 0.717) is 6.04 Å². The zero-order valence-electron chi connectivity index (χ0n) is 12.6. The number of rotatable bonds is 6. The highest BCUT2D eigenvalue weighted by atomic mass is 14.9. The molecule has 0 radical (unpaired) electrons. The van der Waals surface area contributed by atoms with Gasteiger partial charge < -0.3 is 5.32 Å². The molecule has 1 aliphatic carbocycles. The fraction of sp³-hybridized carbons (Fsp3) is 1.00. The van der Waals surface area contributed by atoms with Gasteiger partial charge in [-0.2, -0.15) is 0 Å². The van der Waals surface area contributed by atoms with Crippen molar-refractivity contribution in [3.8, 4) is 0 Å². The SMILES string of the molecule is CC(C)CC1CCCC(NC(C)CC(C)C)C1. The zero-order chi connectivity index (χ0) is 12.8. The maximum Gasteiger partial charge on any atom is 0.00721 e. The van der Waals surface area contributed by atoms with Crippen LogP contribution in [0.4, 0.5) is 0 Å². The summed E-state index contributed by atoms with van der Waals surface area (Å²) in [4.78, 5) is 0. The summed E-state index contributed by atoms with van der Waals surface area (Å²) >= 11 is 0. The lowest BCUT2D eigenvalue weighted by Crippen LogP contribution is -2.40. The Morgan fingerprint density at radius 3 is 2.29 bits per heavy atom. The molecule has 1 heteroatoms. The predicted molar refractivity (Wildman–Crippen MR) is 77.3 cm³/mol. The van der Waals surface area contributed by atoms with Gasteiger partial charge in [-0.15, -0.1) is 0 Å². The van der Waals surface area contributed by atoms with E-state index < -0.39 is 0 Å². The van der Waals surface area contributed by atoms with Crippen LogP contribution in [0.1, 0.15) is 73.1 Å².